The summed E-state index contributed by atoms with van der Waals surface area (Å²) in [5, 5.41) is 16.1. The Morgan fingerprint density at radius 1 is 0.971 bits per heavy atom. The molecule has 1 heterocycles. The third-order valence-electron chi connectivity index (χ3n) is 6.29. The first-order valence-electron chi connectivity index (χ1n) is 11.2. The minimum atomic E-state index is -3.97. The summed E-state index contributed by atoms with van der Waals surface area (Å²) in [6, 6.07) is 14.8. The van der Waals surface area contributed by atoms with Crippen molar-refractivity contribution in [3.05, 3.63) is 76.6 Å². The van der Waals surface area contributed by atoms with E-state index in [1.165, 1.54) is 24.3 Å². The average molecular weight is 483 g/mol. The van der Waals surface area contributed by atoms with Crippen LogP contribution in [0.2, 0.25) is 0 Å². The predicted octanol–water partition coefficient (Wildman–Crippen LogP) is 3.66. The second kappa shape index (κ2) is 10.3. The summed E-state index contributed by atoms with van der Waals surface area (Å²) >= 11 is 0. The van der Waals surface area contributed by atoms with E-state index < -0.39 is 20.6 Å². The SMILES string of the molecule is O=C(NCC1CCC(CNS(=O)(=O)c2ccccc2[N+](=O)[O-])CC1)c1cc2ccccc2cn1. The first-order valence-corrected chi connectivity index (χ1v) is 12.7. The number of carbonyl (C=O) groups is 1. The van der Waals surface area contributed by atoms with Gasteiger partial charge < -0.3 is 5.32 Å². The molecule has 0 saturated heterocycles. The summed E-state index contributed by atoms with van der Waals surface area (Å²) in [5.74, 6) is 0.254. The number of nitro benzene ring substituents is 1. The minimum Gasteiger partial charge on any atom is -0.350 e. The molecule has 0 spiro atoms. The van der Waals surface area contributed by atoms with E-state index >= 15 is 0 Å². The van der Waals surface area contributed by atoms with Crippen molar-refractivity contribution in [3.63, 3.8) is 0 Å². The molecule has 1 aliphatic carbocycles. The van der Waals surface area contributed by atoms with E-state index in [0.717, 1.165) is 36.5 Å². The number of nitro groups is 1. The molecule has 2 aromatic carbocycles. The molecule has 0 radical (unpaired) electrons. The molecule has 178 valence electrons. The molecule has 3 aromatic rings. The third-order valence-corrected chi connectivity index (χ3v) is 7.77. The van der Waals surface area contributed by atoms with Gasteiger partial charge in [-0.05, 0) is 55.0 Å². The third kappa shape index (κ3) is 5.57. The highest BCUT2D eigenvalue weighted by atomic mass is 32.2. The van der Waals surface area contributed by atoms with Crippen LogP contribution in [-0.2, 0) is 10.0 Å². The van der Waals surface area contributed by atoms with Gasteiger partial charge in [-0.2, -0.15) is 0 Å². The van der Waals surface area contributed by atoms with Crippen molar-refractivity contribution in [2.24, 2.45) is 11.8 Å². The number of amides is 1. The maximum Gasteiger partial charge on any atom is 0.289 e. The molecule has 0 bridgehead atoms. The van der Waals surface area contributed by atoms with E-state index in [-0.39, 0.29) is 23.3 Å². The number of hydrogen-bond donors (Lipinski definition) is 2. The number of benzene rings is 2. The molecule has 9 nitrogen and oxygen atoms in total. The summed E-state index contributed by atoms with van der Waals surface area (Å²) < 4.78 is 27.7. The topological polar surface area (TPSA) is 131 Å². The Morgan fingerprint density at radius 2 is 1.59 bits per heavy atom. The molecule has 1 saturated carbocycles. The number of aromatic nitrogens is 1. The van der Waals surface area contributed by atoms with Crippen molar-refractivity contribution < 1.29 is 18.1 Å². The van der Waals surface area contributed by atoms with Crippen LogP contribution in [0, 0.1) is 22.0 Å². The van der Waals surface area contributed by atoms with Crippen LogP contribution in [0.25, 0.3) is 10.8 Å². The van der Waals surface area contributed by atoms with Crippen molar-refractivity contribution >= 4 is 32.4 Å². The zero-order valence-electron chi connectivity index (χ0n) is 18.5. The highest BCUT2D eigenvalue weighted by Gasteiger charge is 2.27. The Bertz CT molecular complexity index is 1300. The number of carbonyl (C=O) groups excluding carboxylic acids is 1. The molecule has 1 aliphatic rings. The van der Waals surface area contributed by atoms with Gasteiger partial charge in [-0.25, -0.2) is 13.1 Å². The first-order chi connectivity index (χ1) is 16.3. The number of pyridine rings is 1. The quantitative estimate of drug-likeness (QED) is 0.372. The molecule has 0 aliphatic heterocycles. The molecule has 10 heteroatoms. The predicted molar refractivity (Wildman–Crippen MR) is 128 cm³/mol. The molecule has 0 atom stereocenters. The summed E-state index contributed by atoms with van der Waals surface area (Å²) in [6.07, 6.45) is 5.05. The van der Waals surface area contributed by atoms with Crippen LogP contribution in [0.3, 0.4) is 0 Å². The fourth-order valence-electron chi connectivity index (χ4n) is 4.32. The fourth-order valence-corrected chi connectivity index (χ4v) is 5.60. The summed E-state index contributed by atoms with van der Waals surface area (Å²) in [5.41, 5.74) is -0.0489. The Hall–Kier alpha value is -3.37. The largest absolute Gasteiger partial charge is 0.350 e. The van der Waals surface area contributed by atoms with Crippen molar-refractivity contribution in [3.8, 4) is 0 Å². The van der Waals surface area contributed by atoms with Gasteiger partial charge in [0.05, 0.1) is 4.92 Å². The summed E-state index contributed by atoms with van der Waals surface area (Å²) in [4.78, 5) is 26.9. The molecule has 4 rings (SSSR count). The van der Waals surface area contributed by atoms with Gasteiger partial charge in [-0.1, -0.05) is 36.4 Å². The molecular weight excluding hydrogens is 456 g/mol. The maximum absolute atomic E-state index is 12.6. The molecule has 0 unspecified atom stereocenters. The van der Waals surface area contributed by atoms with Gasteiger partial charge in [0.2, 0.25) is 10.0 Å². The van der Waals surface area contributed by atoms with Gasteiger partial charge in [0.1, 0.15) is 5.69 Å². The molecular formula is C24H26N4O5S. The lowest BCUT2D eigenvalue weighted by molar-refractivity contribution is -0.387. The van der Waals surface area contributed by atoms with Crippen LogP contribution in [0.1, 0.15) is 36.2 Å². The lowest BCUT2D eigenvalue weighted by Crippen LogP contribution is -2.35. The normalized spacial score (nSPS) is 18.5. The van der Waals surface area contributed by atoms with E-state index in [1.807, 2.05) is 24.3 Å². The Kier molecular flexibility index (Phi) is 7.18. The standard InChI is InChI=1S/C24H26N4O5S/c29-24(21-13-19-5-1-2-6-20(19)16-25-21)26-14-17-9-11-18(12-10-17)15-27-34(32,33)23-8-4-3-7-22(23)28(30)31/h1-8,13,16-18,27H,9-12,14-15H2,(H,26,29). The second-order valence-electron chi connectivity index (χ2n) is 8.59. The van der Waals surface area contributed by atoms with E-state index in [2.05, 4.69) is 15.0 Å². The summed E-state index contributed by atoms with van der Waals surface area (Å²) in [7, 11) is -3.97. The van der Waals surface area contributed by atoms with Crippen molar-refractivity contribution in [2.45, 2.75) is 30.6 Å². The number of nitrogens with one attached hydrogen (secondary N) is 2. The smallest absolute Gasteiger partial charge is 0.289 e. The Morgan fingerprint density at radius 3 is 2.29 bits per heavy atom. The average Bonchev–Trinajstić information content (AvgIpc) is 2.86. The lowest BCUT2D eigenvalue weighted by atomic mass is 9.82. The molecule has 34 heavy (non-hydrogen) atoms. The zero-order chi connectivity index (χ0) is 24.1. The number of hydrogen-bond acceptors (Lipinski definition) is 6. The number of fused-ring (bicyclic) bond motifs is 1. The van der Waals surface area contributed by atoms with Crippen LogP contribution in [0.5, 0.6) is 0 Å². The van der Waals surface area contributed by atoms with Gasteiger partial charge in [0, 0.05) is 30.7 Å². The van der Waals surface area contributed by atoms with Gasteiger partial charge in [0.15, 0.2) is 4.90 Å². The highest BCUT2D eigenvalue weighted by molar-refractivity contribution is 7.89. The first kappa shape index (κ1) is 23.8. The molecule has 1 aromatic heterocycles. The van der Waals surface area contributed by atoms with E-state index in [1.54, 1.807) is 12.3 Å². The number of para-hydroxylation sites is 1. The lowest BCUT2D eigenvalue weighted by Gasteiger charge is -2.28. The fraction of sp³-hybridized carbons (Fsp3) is 0.333. The molecule has 2 N–H and O–H groups in total. The van der Waals surface area contributed by atoms with Gasteiger partial charge in [-0.15, -0.1) is 0 Å². The van der Waals surface area contributed by atoms with Crippen LogP contribution in [0.4, 0.5) is 5.69 Å². The molecule has 1 amide bonds. The van der Waals surface area contributed by atoms with Crippen LogP contribution >= 0.6 is 0 Å². The zero-order valence-corrected chi connectivity index (χ0v) is 19.3. The van der Waals surface area contributed by atoms with E-state index in [4.69, 9.17) is 0 Å². The number of rotatable bonds is 8. The van der Waals surface area contributed by atoms with Crippen molar-refractivity contribution in [1.29, 1.82) is 0 Å². The van der Waals surface area contributed by atoms with E-state index in [9.17, 15) is 23.3 Å². The van der Waals surface area contributed by atoms with Gasteiger partial charge in [-0.3, -0.25) is 19.9 Å². The highest BCUT2D eigenvalue weighted by Crippen LogP contribution is 2.29. The molecule has 1 fully saturated rings. The van der Waals surface area contributed by atoms with Crippen molar-refractivity contribution in [1.82, 2.24) is 15.0 Å². The van der Waals surface area contributed by atoms with Gasteiger partial charge >= 0.3 is 0 Å². The number of sulfonamides is 1. The van der Waals surface area contributed by atoms with Gasteiger partial charge in [0.25, 0.3) is 11.6 Å². The Balaban J connectivity index is 1.25. The van der Waals surface area contributed by atoms with Crippen LogP contribution < -0.4 is 10.0 Å². The minimum absolute atomic E-state index is 0.145. The van der Waals surface area contributed by atoms with E-state index in [0.29, 0.717) is 18.2 Å². The van der Waals surface area contributed by atoms with Crippen LogP contribution in [0.15, 0.2) is 65.7 Å². The Labute approximate surface area is 197 Å². The summed E-state index contributed by atoms with van der Waals surface area (Å²) in [6.45, 7) is 0.774. The number of nitrogens with zero attached hydrogens (tertiary/aromatic N) is 2. The van der Waals surface area contributed by atoms with Crippen molar-refractivity contribution in [2.75, 3.05) is 13.1 Å². The van der Waals surface area contributed by atoms with Crippen LogP contribution in [-0.4, -0.2) is 37.3 Å². The monoisotopic (exact) mass is 482 g/mol. The maximum atomic E-state index is 12.6. The second-order valence-corrected chi connectivity index (χ2v) is 10.3.